The highest BCUT2D eigenvalue weighted by molar-refractivity contribution is 8.09. The van der Waals surface area contributed by atoms with E-state index in [1.165, 1.54) is 22.5 Å². The fourth-order valence-electron chi connectivity index (χ4n) is 1.97. The molecule has 1 aliphatic heterocycles. The zero-order valence-corrected chi connectivity index (χ0v) is 9.21. The normalized spacial score (nSPS) is 23.3. The topological polar surface area (TPSA) is 0 Å². The molecule has 0 aromatic heterocycles. The van der Waals surface area contributed by atoms with Gasteiger partial charge in [0, 0.05) is 10.2 Å². The number of allylic oxidation sites excluding steroid dienone is 4. The van der Waals surface area contributed by atoms with Crippen LogP contribution in [0.4, 0.5) is 0 Å². The molecule has 0 amide bonds. The van der Waals surface area contributed by atoms with Crippen LogP contribution in [0.3, 0.4) is 0 Å². The molecule has 1 aromatic rings. The molecule has 15 heavy (non-hydrogen) atoms. The molecule has 1 aromatic carbocycles. The van der Waals surface area contributed by atoms with Gasteiger partial charge in [0.15, 0.2) is 0 Å². The molecule has 1 heteroatoms. The monoisotopic (exact) mass is 212 g/mol. The Morgan fingerprint density at radius 3 is 2.80 bits per heavy atom. The molecular weight excluding hydrogens is 200 g/mol. The van der Waals surface area contributed by atoms with Crippen molar-refractivity contribution >= 4 is 16.7 Å². The summed E-state index contributed by atoms with van der Waals surface area (Å²) in [6.45, 7) is 0. The highest BCUT2D eigenvalue weighted by atomic mass is 32.2. The molecule has 0 spiro atoms. The first kappa shape index (κ1) is 9.05. The van der Waals surface area contributed by atoms with E-state index in [4.69, 9.17) is 0 Å². The number of thioether (sulfide) groups is 1. The largest absolute Gasteiger partial charge is 0.117 e. The van der Waals surface area contributed by atoms with E-state index in [0.29, 0.717) is 5.25 Å². The summed E-state index contributed by atoms with van der Waals surface area (Å²) in [5, 5.41) is 0.658. The minimum Gasteiger partial charge on any atom is -0.117 e. The molecule has 0 radical (unpaired) electrons. The molecule has 0 N–H and O–H groups in total. The van der Waals surface area contributed by atoms with Crippen molar-refractivity contribution in [2.45, 2.75) is 11.7 Å². The van der Waals surface area contributed by atoms with Crippen LogP contribution in [0, 0.1) is 0 Å². The molecule has 1 atom stereocenters. The van der Waals surface area contributed by atoms with Gasteiger partial charge in [-0.2, -0.15) is 0 Å². The van der Waals surface area contributed by atoms with Gasteiger partial charge in [0.05, 0.1) is 0 Å². The predicted octanol–water partition coefficient (Wildman–Crippen LogP) is 4.03. The molecule has 3 rings (SSSR count). The maximum Gasteiger partial charge on any atom is 0.0379 e. The van der Waals surface area contributed by atoms with Gasteiger partial charge in [-0.15, -0.1) is 11.8 Å². The van der Waals surface area contributed by atoms with Crippen molar-refractivity contribution in [1.29, 1.82) is 0 Å². The van der Waals surface area contributed by atoms with Crippen LogP contribution in [0.2, 0.25) is 0 Å². The average Bonchev–Trinajstić information content (AvgIpc) is 2.74. The lowest BCUT2D eigenvalue weighted by atomic mass is 10.0. The lowest BCUT2D eigenvalue weighted by Crippen LogP contribution is -2.01. The Hall–Kier alpha value is -1.21. The second-order valence-corrected chi connectivity index (χ2v) is 5.06. The van der Waals surface area contributed by atoms with Gasteiger partial charge in [-0.1, -0.05) is 48.6 Å². The average molecular weight is 212 g/mol. The van der Waals surface area contributed by atoms with E-state index >= 15 is 0 Å². The summed E-state index contributed by atoms with van der Waals surface area (Å²) in [5.74, 6) is 0. The Morgan fingerprint density at radius 2 is 2.00 bits per heavy atom. The summed E-state index contributed by atoms with van der Waals surface area (Å²) in [4.78, 5) is 1.41. The minimum atomic E-state index is 0.658. The maximum atomic E-state index is 2.33. The second kappa shape index (κ2) is 3.74. The Morgan fingerprint density at radius 1 is 1.13 bits per heavy atom. The van der Waals surface area contributed by atoms with E-state index in [9.17, 15) is 0 Å². The van der Waals surface area contributed by atoms with Crippen molar-refractivity contribution < 1.29 is 0 Å². The molecule has 1 aliphatic carbocycles. The van der Waals surface area contributed by atoms with E-state index in [1.54, 1.807) is 0 Å². The summed E-state index contributed by atoms with van der Waals surface area (Å²) < 4.78 is 0. The van der Waals surface area contributed by atoms with Crippen LogP contribution >= 0.6 is 11.8 Å². The molecule has 1 unspecified atom stereocenters. The van der Waals surface area contributed by atoms with Crippen molar-refractivity contribution in [2.24, 2.45) is 0 Å². The first-order chi connectivity index (χ1) is 7.43. The maximum absolute atomic E-state index is 2.33. The summed E-state index contributed by atoms with van der Waals surface area (Å²) in [5.41, 5.74) is 2.82. The summed E-state index contributed by atoms with van der Waals surface area (Å²) in [7, 11) is 0. The predicted molar refractivity (Wildman–Crippen MR) is 67.6 cm³/mol. The van der Waals surface area contributed by atoms with Gasteiger partial charge in [-0.05, 0) is 23.6 Å². The van der Waals surface area contributed by atoms with Crippen molar-refractivity contribution in [2.75, 3.05) is 0 Å². The van der Waals surface area contributed by atoms with Gasteiger partial charge in [-0.3, -0.25) is 0 Å². The van der Waals surface area contributed by atoms with Crippen LogP contribution in [-0.4, -0.2) is 5.25 Å². The quantitative estimate of drug-likeness (QED) is 0.677. The van der Waals surface area contributed by atoms with Gasteiger partial charge in [0.1, 0.15) is 0 Å². The molecule has 1 heterocycles. The van der Waals surface area contributed by atoms with E-state index in [2.05, 4.69) is 54.6 Å². The number of benzene rings is 1. The minimum absolute atomic E-state index is 0.658. The zero-order valence-electron chi connectivity index (χ0n) is 8.39. The van der Waals surface area contributed by atoms with E-state index in [1.807, 2.05) is 11.8 Å². The van der Waals surface area contributed by atoms with E-state index in [0.717, 1.165) is 0 Å². The molecule has 0 bridgehead atoms. The summed E-state index contributed by atoms with van der Waals surface area (Å²) in [6, 6.07) is 10.6. The molecular formula is C14H12S. The highest BCUT2D eigenvalue weighted by Crippen LogP contribution is 2.44. The number of rotatable bonds is 1. The lowest BCUT2D eigenvalue weighted by molar-refractivity contribution is 1.02. The zero-order chi connectivity index (χ0) is 10.1. The third kappa shape index (κ3) is 1.68. The van der Waals surface area contributed by atoms with Crippen LogP contribution in [0.15, 0.2) is 60.2 Å². The first-order valence-electron chi connectivity index (χ1n) is 5.24. The van der Waals surface area contributed by atoms with Gasteiger partial charge in [0.2, 0.25) is 0 Å². The van der Waals surface area contributed by atoms with Crippen LogP contribution in [-0.2, 0) is 0 Å². The van der Waals surface area contributed by atoms with Crippen LogP contribution < -0.4 is 0 Å². The Balaban J connectivity index is 1.95. The third-order valence-corrected chi connectivity index (χ3v) is 4.13. The fraction of sp³-hybridized carbons (Fsp3) is 0.143. The summed E-state index contributed by atoms with van der Waals surface area (Å²) >= 11 is 1.99. The summed E-state index contributed by atoms with van der Waals surface area (Å²) in [6.07, 6.45) is 10.1. The van der Waals surface area contributed by atoms with Crippen LogP contribution in [0.5, 0.6) is 0 Å². The van der Waals surface area contributed by atoms with Crippen LogP contribution in [0.25, 0.3) is 4.91 Å². The number of fused-ring (bicyclic) bond motifs is 1. The van der Waals surface area contributed by atoms with Crippen molar-refractivity contribution in [3.63, 3.8) is 0 Å². The van der Waals surface area contributed by atoms with Crippen molar-refractivity contribution in [3.05, 3.63) is 65.8 Å². The molecule has 0 saturated heterocycles. The number of hydrogen-bond acceptors (Lipinski definition) is 1. The Bertz CT molecular complexity index is 451. The Labute approximate surface area is 94.4 Å². The van der Waals surface area contributed by atoms with Crippen LogP contribution in [0.1, 0.15) is 12.0 Å². The number of hydrogen-bond donors (Lipinski definition) is 0. The fourth-order valence-corrected chi connectivity index (χ4v) is 3.25. The van der Waals surface area contributed by atoms with Gasteiger partial charge >= 0.3 is 0 Å². The standard InChI is InChI=1S/C14H12S/c1-2-6-11(7-3-1)14-10-12-8-4-5-9-13(12)15-14/h1-8,10,13H,9H2. The molecule has 0 fully saturated rings. The van der Waals surface area contributed by atoms with E-state index < -0.39 is 0 Å². The lowest BCUT2D eigenvalue weighted by Gasteiger charge is -2.11. The van der Waals surface area contributed by atoms with Gasteiger partial charge in [-0.25, -0.2) is 0 Å². The highest BCUT2D eigenvalue weighted by Gasteiger charge is 2.23. The molecule has 2 aliphatic rings. The SMILES string of the molecule is C1=CCC2SC(c3ccccc3)=CC2=C1. The van der Waals surface area contributed by atoms with Gasteiger partial charge < -0.3 is 0 Å². The van der Waals surface area contributed by atoms with Crippen molar-refractivity contribution in [1.82, 2.24) is 0 Å². The first-order valence-corrected chi connectivity index (χ1v) is 6.12. The van der Waals surface area contributed by atoms with E-state index in [-0.39, 0.29) is 0 Å². The molecule has 74 valence electrons. The Kier molecular flexibility index (Phi) is 2.26. The molecule has 0 nitrogen and oxygen atoms in total. The van der Waals surface area contributed by atoms with Crippen molar-refractivity contribution in [3.8, 4) is 0 Å². The van der Waals surface area contributed by atoms with Gasteiger partial charge in [0.25, 0.3) is 0 Å². The molecule has 0 saturated carbocycles. The smallest absolute Gasteiger partial charge is 0.0379 e. The second-order valence-electron chi connectivity index (χ2n) is 3.81. The third-order valence-electron chi connectivity index (χ3n) is 2.77.